The van der Waals surface area contributed by atoms with Crippen molar-refractivity contribution < 1.29 is 9.53 Å². The van der Waals surface area contributed by atoms with Crippen LogP contribution >= 0.6 is 0 Å². The third-order valence-corrected chi connectivity index (χ3v) is 1.78. The van der Waals surface area contributed by atoms with Gasteiger partial charge in [-0.3, -0.25) is 0 Å². The van der Waals surface area contributed by atoms with Crippen molar-refractivity contribution >= 4 is 11.7 Å². The van der Waals surface area contributed by atoms with Gasteiger partial charge in [-0.2, -0.15) is 0 Å². The second-order valence-corrected chi connectivity index (χ2v) is 2.69. The highest BCUT2D eigenvalue weighted by Crippen LogP contribution is 2.12. The summed E-state index contributed by atoms with van der Waals surface area (Å²) in [6.07, 6.45) is 4.79. The monoisotopic (exact) mass is 191 g/mol. The Morgan fingerprint density at radius 3 is 3.21 bits per heavy atom. The van der Waals surface area contributed by atoms with Crippen LogP contribution in [0.2, 0.25) is 0 Å². The molecule has 0 aliphatic carbocycles. The third-order valence-electron chi connectivity index (χ3n) is 1.78. The fraction of sp³-hybridized carbons (Fsp3) is 0.111. The third kappa shape index (κ3) is 1.52. The average molecular weight is 191 g/mol. The van der Waals surface area contributed by atoms with Crippen molar-refractivity contribution in [3.8, 4) is 5.75 Å². The maximum Gasteiger partial charge on any atom is 0.412 e. The van der Waals surface area contributed by atoms with Crippen LogP contribution in [0.25, 0.3) is 5.65 Å². The summed E-state index contributed by atoms with van der Waals surface area (Å²) in [4.78, 5) is 15.0. The van der Waals surface area contributed by atoms with E-state index >= 15 is 0 Å². The lowest BCUT2D eigenvalue weighted by atomic mass is 10.4. The summed E-state index contributed by atoms with van der Waals surface area (Å²) in [5.74, 6) is 0.475. The van der Waals surface area contributed by atoms with Crippen molar-refractivity contribution in [2.75, 3.05) is 7.05 Å². The number of fused-ring (bicyclic) bond motifs is 1. The molecule has 0 aliphatic heterocycles. The molecule has 2 heterocycles. The van der Waals surface area contributed by atoms with Crippen molar-refractivity contribution in [3.05, 3.63) is 30.7 Å². The molecule has 0 bridgehead atoms. The smallest absolute Gasteiger partial charge is 0.410 e. The number of nitrogens with zero attached hydrogens (tertiary/aromatic N) is 2. The second kappa shape index (κ2) is 3.37. The summed E-state index contributed by atoms with van der Waals surface area (Å²) in [6, 6.07) is 3.39. The van der Waals surface area contributed by atoms with Crippen LogP contribution in [0.1, 0.15) is 0 Å². The van der Waals surface area contributed by atoms with Gasteiger partial charge in [0.15, 0.2) is 0 Å². The zero-order valence-electron chi connectivity index (χ0n) is 7.60. The van der Waals surface area contributed by atoms with E-state index in [9.17, 15) is 4.79 Å². The highest BCUT2D eigenvalue weighted by atomic mass is 16.5. The number of imidazole rings is 1. The number of rotatable bonds is 1. The SMILES string of the molecule is CNC(=O)Oc1ccn2ccnc2c1. The molecular formula is C9H9N3O2. The van der Waals surface area contributed by atoms with Gasteiger partial charge in [0.2, 0.25) is 0 Å². The average Bonchev–Trinajstić information content (AvgIpc) is 2.64. The Hall–Kier alpha value is -2.04. The van der Waals surface area contributed by atoms with Gasteiger partial charge in [-0.15, -0.1) is 0 Å². The fourth-order valence-electron chi connectivity index (χ4n) is 1.11. The Bertz CT molecular complexity index is 464. The summed E-state index contributed by atoms with van der Waals surface area (Å²) >= 11 is 0. The van der Waals surface area contributed by atoms with E-state index in [2.05, 4.69) is 10.3 Å². The first-order valence-corrected chi connectivity index (χ1v) is 4.12. The van der Waals surface area contributed by atoms with Crippen molar-refractivity contribution in [2.24, 2.45) is 0 Å². The molecule has 0 fully saturated rings. The topological polar surface area (TPSA) is 55.6 Å². The summed E-state index contributed by atoms with van der Waals surface area (Å²) in [5, 5.41) is 2.37. The number of carbonyl (C=O) groups excluding carboxylic acids is 1. The Kier molecular flexibility index (Phi) is 2.06. The molecule has 5 nitrogen and oxygen atoms in total. The van der Waals surface area contributed by atoms with Crippen LogP contribution in [0.15, 0.2) is 30.7 Å². The van der Waals surface area contributed by atoms with Crippen LogP contribution in [0.3, 0.4) is 0 Å². The summed E-state index contributed by atoms with van der Waals surface area (Å²) in [6.45, 7) is 0. The lowest BCUT2D eigenvalue weighted by Crippen LogP contribution is -2.22. The van der Waals surface area contributed by atoms with E-state index in [-0.39, 0.29) is 0 Å². The molecule has 0 saturated heterocycles. The minimum Gasteiger partial charge on any atom is -0.410 e. The molecule has 1 amide bonds. The molecule has 0 atom stereocenters. The Labute approximate surface area is 80.3 Å². The zero-order chi connectivity index (χ0) is 9.97. The largest absolute Gasteiger partial charge is 0.412 e. The van der Waals surface area contributed by atoms with E-state index in [1.807, 2.05) is 10.6 Å². The van der Waals surface area contributed by atoms with E-state index in [0.29, 0.717) is 5.75 Å². The lowest BCUT2D eigenvalue weighted by molar-refractivity contribution is 0.203. The maximum absolute atomic E-state index is 10.9. The summed E-state index contributed by atoms with van der Waals surface area (Å²) < 4.78 is 6.77. The van der Waals surface area contributed by atoms with Crippen molar-refractivity contribution in [2.45, 2.75) is 0 Å². The molecular weight excluding hydrogens is 182 g/mol. The van der Waals surface area contributed by atoms with Gasteiger partial charge >= 0.3 is 6.09 Å². The molecule has 1 N–H and O–H groups in total. The Balaban J connectivity index is 2.30. The number of aromatic nitrogens is 2. The fourth-order valence-corrected chi connectivity index (χ4v) is 1.11. The van der Waals surface area contributed by atoms with Gasteiger partial charge in [0, 0.05) is 31.7 Å². The van der Waals surface area contributed by atoms with Crippen molar-refractivity contribution in [1.29, 1.82) is 0 Å². The first-order valence-electron chi connectivity index (χ1n) is 4.12. The Morgan fingerprint density at radius 2 is 2.43 bits per heavy atom. The number of amides is 1. The van der Waals surface area contributed by atoms with E-state index in [1.165, 1.54) is 7.05 Å². The number of hydrogen-bond acceptors (Lipinski definition) is 3. The quantitative estimate of drug-likeness (QED) is 0.733. The number of nitrogens with one attached hydrogen (secondary N) is 1. The molecule has 72 valence electrons. The first-order chi connectivity index (χ1) is 6.79. The van der Waals surface area contributed by atoms with Crippen LogP contribution in [-0.4, -0.2) is 22.5 Å². The molecule has 0 radical (unpaired) electrons. The van der Waals surface area contributed by atoms with Gasteiger partial charge in [-0.1, -0.05) is 0 Å². The molecule has 0 spiro atoms. The lowest BCUT2D eigenvalue weighted by Gasteiger charge is -2.02. The van der Waals surface area contributed by atoms with E-state index < -0.39 is 6.09 Å². The van der Waals surface area contributed by atoms with Crippen LogP contribution in [0.4, 0.5) is 4.79 Å². The number of hydrogen-bond donors (Lipinski definition) is 1. The molecule has 2 aromatic rings. The van der Waals surface area contributed by atoms with Crippen molar-refractivity contribution in [3.63, 3.8) is 0 Å². The van der Waals surface area contributed by atoms with E-state index in [1.54, 1.807) is 24.5 Å². The Morgan fingerprint density at radius 1 is 1.57 bits per heavy atom. The summed E-state index contributed by atoms with van der Waals surface area (Å²) in [7, 11) is 1.51. The highest BCUT2D eigenvalue weighted by molar-refractivity contribution is 5.70. The van der Waals surface area contributed by atoms with Gasteiger partial charge in [-0.25, -0.2) is 9.78 Å². The molecule has 0 saturated carbocycles. The van der Waals surface area contributed by atoms with Gasteiger partial charge in [0.1, 0.15) is 11.4 Å². The van der Waals surface area contributed by atoms with E-state index in [4.69, 9.17) is 4.74 Å². The highest BCUT2D eigenvalue weighted by Gasteiger charge is 2.02. The number of ether oxygens (including phenoxy) is 1. The predicted octanol–water partition coefficient (Wildman–Crippen LogP) is 1.05. The molecule has 0 aromatic carbocycles. The van der Waals surface area contributed by atoms with Gasteiger partial charge in [0.05, 0.1) is 0 Å². The predicted molar refractivity (Wildman–Crippen MR) is 50.3 cm³/mol. The van der Waals surface area contributed by atoms with Gasteiger partial charge in [-0.05, 0) is 6.07 Å². The maximum atomic E-state index is 10.9. The van der Waals surface area contributed by atoms with Crippen molar-refractivity contribution in [1.82, 2.24) is 14.7 Å². The summed E-state index contributed by atoms with van der Waals surface area (Å²) in [5.41, 5.74) is 0.742. The number of pyridine rings is 1. The second-order valence-electron chi connectivity index (χ2n) is 2.69. The normalized spacial score (nSPS) is 10.1. The van der Waals surface area contributed by atoms with Crippen LogP contribution < -0.4 is 10.1 Å². The molecule has 2 rings (SSSR count). The minimum absolute atomic E-state index is 0.475. The molecule has 5 heteroatoms. The zero-order valence-corrected chi connectivity index (χ0v) is 7.60. The molecule has 0 aliphatic rings. The molecule has 14 heavy (non-hydrogen) atoms. The van der Waals surface area contributed by atoms with Crippen LogP contribution in [0, 0.1) is 0 Å². The van der Waals surface area contributed by atoms with Gasteiger partial charge < -0.3 is 14.5 Å². The standard InChI is InChI=1S/C9H9N3O2/c1-10-9(13)14-7-2-4-12-5-3-11-8(12)6-7/h2-6H,1H3,(H,10,13). The van der Waals surface area contributed by atoms with E-state index in [0.717, 1.165) is 5.65 Å². The minimum atomic E-state index is -0.485. The number of carbonyl (C=O) groups is 1. The molecule has 0 unspecified atom stereocenters. The van der Waals surface area contributed by atoms with Crippen LogP contribution in [-0.2, 0) is 0 Å². The van der Waals surface area contributed by atoms with Gasteiger partial charge in [0.25, 0.3) is 0 Å². The van der Waals surface area contributed by atoms with Crippen LogP contribution in [0.5, 0.6) is 5.75 Å². The molecule has 2 aromatic heterocycles. The first kappa shape index (κ1) is 8.55.